The van der Waals surface area contributed by atoms with Gasteiger partial charge in [-0.15, -0.1) is 0 Å². The zero-order valence-electron chi connectivity index (χ0n) is 6.89. The molecule has 0 aromatic carbocycles. The molecule has 0 fully saturated rings. The van der Waals surface area contributed by atoms with Gasteiger partial charge in [-0.3, -0.25) is 0 Å². The van der Waals surface area contributed by atoms with E-state index in [1.165, 1.54) is 11.5 Å². The van der Waals surface area contributed by atoms with Crippen molar-refractivity contribution in [1.82, 2.24) is 9.36 Å². The molecule has 11 heavy (non-hydrogen) atoms. The van der Waals surface area contributed by atoms with Crippen molar-refractivity contribution < 1.29 is 0 Å². The Kier molecular flexibility index (Phi) is 2.85. The van der Waals surface area contributed by atoms with Crippen LogP contribution in [0.15, 0.2) is 0 Å². The molecule has 2 nitrogen and oxygen atoms in total. The zero-order chi connectivity index (χ0) is 8.48. The largest absolute Gasteiger partial charge is 0.214 e. The Labute approximate surface area is 84.7 Å². The van der Waals surface area contributed by atoms with Gasteiger partial charge in [0.25, 0.3) is 0 Å². The molecule has 0 bridgehead atoms. The lowest BCUT2D eigenvalue weighted by Crippen LogP contribution is -2.14. The van der Waals surface area contributed by atoms with E-state index >= 15 is 0 Å². The van der Waals surface area contributed by atoms with Crippen LogP contribution in [0.4, 0.5) is 0 Å². The highest BCUT2D eigenvalue weighted by Gasteiger charge is 2.22. The number of aromatic nitrogens is 2. The van der Waals surface area contributed by atoms with Crippen molar-refractivity contribution in [3.63, 3.8) is 0 Å². The zero-order valence-corrected chi connectivity index (χ0v) is 9.86. The number of nitrogens with zero attached hydrogens (tertiary/aromatic N) is 2. The van der Waals surface area contributed by atoms with Crippen molar-refractivity contribution in [2.24, 2.45) is 0 Å². The summed E-state index contributed by atoms with van der Waals surface area (Å²) in [5.41, 5.74) is 0.196. The molecule has 0 radical (unpaired) electrons. The first kappa shape index (κ1) is 9.38. The van der Waals surface area contributed by atoms with E-state index < -0.39 is 0 Å². The van der Waals surface area contributed by atoms with E-state index in [2.05, 4.69) is 52.7 Å². The molecule has 0 aliphatic heterocycles. The maximum Gasteiger partial charge on any atom is 0.203 e. The van der Waals surface area contributed by atoms with Gasteiger partial charge in [-0.2, -0.15) is 4.37 Å². The normalized spacial score (nSPS) is 12.0. The topological polar surface area (TPSA) is 25.8 Å². The third-order valence-corrected chi connectivity index (χ3v) is 3.75. The van der Waals surface area contributed by atoms with E-state index in [0.29, 0.717) is 0 Å². The Bertz CT molecular complexity index is 244. The smallest absolute Gasteiger partial charge is 0.203 e. The van der Waals surface area contributed by atoms with Gasteiger partial charge >= 0.3 is 0 Å². The molecule has 0 saturated heterocycles. The lowest BCUT2D eigenvalue weighted by molar-refractivity contribution is 0.502. The monoisotopic (exact) mass is 282 g/mol. The maximum absolute atomic E-state index is 4.35. The second-order valence-corrected chi connectivity index (χ2v) is 4.82. The van der Waals surface area contributed by atoms with Gasteiger partial charge in [0.1, 0.15) is 5.01 Å². The molecule has 0 aliphatic carbocycles. The summed E-state index contributed by atoms with van der Waals surface area (Å²) in [6.07, 6.45) is 1.11. The lowest BCUT2D eigenvalue weighted by atomic mass is 9.91. The minimum Gasteiger partial charge on any atom is -0.214 e. The van der Waals surface area contributed by atoms with E-state index in [-0.39, 0.29) is 5.41 Å². The van der Waals surface area contributed by atoms with Crippen molar-refractivity contribution in [1.29, 1.82) is 0 Å². The van der Waals surface area contributed by atoms with Crippen LogP contribution in [-0.4, -0.2) is 9.36 Å². The van der Waals surface area contributed by atoms with Crippen LogP contribution in [0.5, 0.6) is 0 Å². The molecule has 0 unspecified atom stereocenters. The number of halogens is 1. The SMILES string of the molecule is CCC(C)(C)c1nc(I)ns1. The van der Waals surface area contributed by atoms with E-state index in [1.54, 1.807) is 0 Å². The van der Waals surface area contributed by atoms with Crippen LogP contribution in [0, 0.1) is 3.83 Å². The molecule has 0 N–H and O–H groups in total. The summed E-state index contributed by atoms with van der Waals surface area (Å²) in [6.45, 7) is 6.57. The highest BCUT2D eigenvalue weighted by Crippen LogP contribution is 2.27. The predicted molar refractivity (Wildman–Crippen MR) is 55.9 cm³/mol. The van der Waals surface area contributed by atoms with Gasteiger partial charge in [-0.25, -0.2) is 4.98 Å². The van der Waals surface area contributed by atoms with Crippen LogP contribution in [0.2, 0.25) is 0 Å². The summed E-state index contributed by atoms with van der Waals surface area (Å²) in [7, 11) is 0. The van der Waals surface area contributed by atoms with Crippen molar-refractivity contribution in [3.8, 4) is 0 Å². The fraction of sp³-hybridized carbons (Fsp3) is 0.714. The summed E-state index contributed by atoms with van der Waals surface area (Å²) in [4.78, 5) is 4.35. The molecule has 4 heteroatoms. The Morgan fingerprint density at radius 3 is 2.55 bits per heavy atom. The van der Waals surface area contributed by atoms with E-state index in [4.69, 9.17) is 0 Å². The first-order chi connectivity index (χ1) is 5.06. The van der Waals surface area contributed by atoms with Crippen LogP contribution >= 0.6 is 34.1 Å². The second-order valence-electron chi connectivity index (χ2n) is 3.11. The molecular weight excluding hydrogens is 271 g/mol. The summed E-state index contributed by atoms with van der Waals surface area (Å²) >= 11 is 3.66. The molecule has 1 aromatic heterocycles. The molecule has 0 amide bonds. The molecule has 0 spiro atoms. The van der Waals surface area contributed by atoms with Gasteiger partial charge in [0.2, 0.25) is 3.83 Å². The summed E-state index contributed by atoms with van der Waals surface area (Å²) in [6, 6.07) is 0. The molecule has 1 heterocycles. The average molecular weight is 282 g/mol. The fourth-order valence-electron chi connectivity index (χ4n) is 0.632. The van der Waals surface area contributed by atoms with Gasteiger partial charge in [0, 0.05) is 28.0 Å². The molecular formula is C7H11IN2S. The number of hydrogen-bond acceptors (Lipinski definition) is 3. The second kappa shape index (κ2) is 3.35. The highest BCUT2D eigenvalue weighted by molar-refractivity contribution is 14.1. The minimum absolute atomic E-state index is 0.196. The Morgan fingerprint density at radius 1 is 1.55 bits per heavy atom. The van der Waals surface area contributed by atoms with Crippen LogP contribution in [-0.2, 0) is 5.41 Å². The standard InChI is InChI=1S/C7H11IN2S/c1-4-7(2,3)5-9-6(8)10-11-5/h4H2,1-3H3. The van der Waals surface area contributed by atoms with Gasteiger partial charge in [0.05, 0.1) is 0 Å². The van der Waals surface area contributed by atoms with Crippen molar-refractivity contribution in [2.75, 3.05) is 0 Å². The first-order valence-corrected chi connectivity index (χ1v) is 5.41. The lowest BCUT2D eigenvalue weighted by Gasteiger charge is -2.17. The molecule has 1 rings (SSSR count). The molecule has 1 aromatic rings. The van der Waals surface area contributed by atoms with Crippen LogP contribution in [0.3, 0.4) is 0 Å². The quantitative estimate of drug-likeness (QED) is 0.779. The minimum atomic E-state index is 0.196. The van der Waals surface area contributed by atoms with Gasteiger partial charge < -0.3 is 0 Å². The summed E-state index contributed by atoms with van der Waals surface area (Å²) in [5.74, 6) is 0. The van der Waals surface area contributed by atoms with E-state index in [1.807, 2.05) is 0 Å². The Balaban J connectivity index is 2.92. The maximum atomic E-state index is 4.35. The average Bonchev–Trinajstić information content (AvgIpc) is 2.36. The summed E-state index contributed by atoms with van der Waals surface area (Å²) in [5, 5.41) is 1.14. The van der Waals surface area contributed by atoms with Gasteiger partial charge in [0.15, 0.2) is 0 Å². The summed E-state index contributed by atoms with van der Waals surface area (Å²) < 4.78 is 5.01. The number of rotatable bonds is 2. The van der Waals surface area contributed by atoms with Crippen molar-refractivity contribution in [3.05, 3.63) is 8.84 Å². The molecule has 0 aliphatic rings. The third kappa shape index (κ3) is 2.11. The predicted octanol–water partition coefficient (Wildman–Crippen LogP) is 2.83. The third-order valence-electron chi connectivity index (χ3n) is 1.86. The molecule has 0 saturated carbocycles. The van der Waals surface area contributed by atoms with Gasteiger partial charge in [-0.1, -0.05) is 20.8 Å². The fourth-order valence-corrected chi connectivity index (χ4v) is 2.05. The van der Waals surface area contributed by atoms with Gasteiger partial charge in [-0.05, 0) is 18.0 Å². The number of hydrogen-bond donors (Lipinski definition) is 0. The van der Waals surface area contributed by atoms with Crippen molar-refractivity contribution in [2.45, 2.75) is 32.6 Å². The van der Waals surface area contributed by atoms with E-state index in [9.17, 15) is 0 Å². The Hall–Kier alpha value is 0.290. The Morgan fingerprint density at radius 2 is 2.18 bits per heavy atom. The van der Waals surface area contributed by atoms with Crippen molar-refractivity contribution >= 4 is 34.1 Å². The highest BCUT2D eigenvalue weighted by atomic mass is 127. The molecule has 62 valence electrons. The van der Waals surface area contributed by atoms with E-state index in [0.717, 1.165) is 15.3 Å². The van der Waals surface area contributed by atoms with Crippen LogP contribution in [0.1, 0.15) is 32.2 Å². The van der Waals surface area contributed by atoms with Crippen LogP contribution < -0.4 is 0 Å². The van der Waals surface area contributed by atoms with Crippen LogP contribution in [0.25, 0.3) is 0 Å². The first-order valence-electron chi connectivity index (χ1n) is 3.56. The molecule has 0 atom stereocenters.